The zero-order valence-corrected chi connectivity index (χ0v) is 11.7. The van der Waals surface area contributed by atoms with Crippen LogP contribution in [0.5, 0.6) is 0 Å². The molecule has 1 nitrogen and oxygen atoms in total. The van der Waals surface area contributed by atoms with E-state index in [4.69, 9.17) is 0 Å². The summed E-state index contributed by atoms with van der Waals surface area (Å²) in [5.41, 5.74) is 3.02. The van der Waals surface area contributed by atoms with Gasteiger partial charge in [0.2, 0.25) is 0 Å². The molecule has 0 atom stereocenters. The second-order valence-corrected chi connectivity index (χ2v) is 3.11. The van der Waals surface area contributed by atoms with Crippen molar-refractivity contribution in [3.8, 4) is 11.1 Å². The molecule has 0 amide bonds. The molecule has 0 aromatic heterocycles. The average molecular weight is 242 g/mol. The summed E-state index contributed by atoms with van der Waals surface area (Å²) >= 11 is 0. The van der Waals surface area contributed by atoms with Crippen LogP contribution in [0.1, 0.15) is 38.1 Å². The third kappa shape index (κ3) is 4.96. The Kier molecular flexibility index (Phi) is 9.20. The lowest BCUT2D eigenvalue weighted by Gasteiger charge is -2.00. The standard InChI is InChI=1S/C13H10O.2C2H6/c14-10-11-6-8-13(9-7-11)12-4-2-1-3-5-12;2*1-2/h1-10H;2*1-2H3. The molecule has 0 aliphatic heterocycles. The largest absolute Gasteiger partial charge is 0.298 e. The molecule has 0 aliphatic carbocycles. The van der Waals surface area contributed by atoms with Crippen LogP contribution in [0, 0.1) is 0 Å². The van der Waals surface area contributed by atoms with Crippen LogP contribution in [0.3, 0.4) is 0 Å². The lowest BCUT2D eigenvalue weighted by Crippen LogP contribution is -1.80. The Morgan fingerprint density at radius 2 is 1.11 bits per heavy atom. The van der Waals surface area contributed by atoms with Crippen molar-refractivity contribution in [3.63, 3.8) is 0 Å². The van der Waals surface area contributed by atoms with Crippen LogP contribution in [-0.2, 0) is 0 Å². The molecule has 2 rings (SSSR count). The first-order chi connectivity index (χ1) is 8.90. The van der Waals surface area contributed by atoms with Crippen molar-refractivity contribution >= 4 is 6.29 Å². The van der Waals surface area contributed by atoms with Gasteiger partial charge < -0.3 is 0 Å². The second kappa shape index (κ2) is 10.3. The van der Waals surface area contributed by atoms with Gasteiger partial charge in [-0.05, 0) is 11.1 Å². The van der Waals surface area contributed by atoms with Gasteiger partial charge in [-0.2, -0.15) is 0 Å². The average Bonchev–Trinajstić information content (AvgIpc) is 2.52. The van der Waals surface area contributed by atoms with Gasteiger partial charge >= 0.3 is 0 Å². The number of hydrogen-bond acceptors (Lipinski definition) is 1. The first-order valence-electron chi connectivity index (χ1n) is 6.51. The molecule has 0 spiro atoms. The van der Waals surface area contributed by atoms with E-state index in [0.717, 1.165) is 11.8 Å². The van der Waals surface area contributed by atoms with Crippen LogP contribution in [0.25, 0.3) is 11.1 Å². The normalized spacial score (nSPS) is 8.22. The van der Waals surface area contributed by atoms with Crippen LogP contribution in [0.4, 0.5) is 0 Å². The van der Waals surface area contributed by atoms with Gasteiger partial charge in [-0.25, -0.2) is 0 Å². The van der Waals surface area contributed by atoms with Gasteiger partial charge in [-0.1, -0.05) is 82.3 Å². The summed E-state index contributed by atoms with van der Waals surface area (Å²) in [4.78, 5) is 10.5. The van der Waals surface area contributed by atoms with Gasteiger partial charge in [0.15, 0.2) is 0 Å². The van der Waals surface area contributed by atoms with Crippen molar-refractivity contribution in [2.75, 3.05) is 0 Å². The molecular formula is C17H22O. The fraction of sp³-hybridized carbons (Fsp3) is 0.235. The lowest BCUT2D eigenvalue weighted by atomic mass is 10.0. The van der Waals surface area contributed by atoms with Gasteiger partial charge in [-0.15, -0.1) is 0 Å². The number of carbonyl (C=O) groups excluding carboxylic acids is 1. The van der Waals surface area contributed by atoms with Gasteiger partial charge in [0.25, 0.3) is 0 Å². The molecule has 0 bridgehead atoms. The quantitative estimate of drug-likeness (QED) is 0.660. The highest BCUT2D eigenvalue weighted by atomic mass is 16.1. The summed E-state index contributed by atoms with van der Waals surface area (Å²) < 4.78 is 0. The van der Waals surface area contributed by atoms with E-state index in [-0.39, 0.29) is 0 Å². The molecule has 0 radical (unpaired) electrons. The van der Waals surface area contributed by atoms with Crippen LogP contribution < -0.4 is 0 Å². The number of aldehydes is 1. The highest BCUT2D eigenvalue weighted by molar-refractivity contribution is 5.76. The fourth-order valence-electron chi connectivity index (χ4n) is 1.38. The second-order valence-electron chi connectivity index (χ2n) is 3.11. The van der Waals surface area contributed by atoms with Crippen LogP contribution in [0.15, 0.2) is 54.6 Å². The van der Waals surface area contributed by atoms with E-state index in [1.807, 2.05) is 70.2 Å². The topological polar surface area (TPSA) is 17.1 Å². The minimum atomic E-state index is 0.713. The highest BCUT2D eigenvalue weighted by Gasteiger charge is 1.95. The Morgan fingerprint density at radius 1 is 0.667 bits per heavy atom. The Balaban J connectivity index is 0.000000659. The van der Waals surface area contributed by atoms with Crippen LogP contribution >= 0.6 is 0 Å². The van der Waals surface area contributed by atoms with Crippen molar-refractivity contribution in [2.45, 2.75) is 27.7 Å². The maximum Gasteiger partial charge on any atom is 0.150 e. The molecule has 0 saturated carbocycles. The van der Waals surface area contributed by atoms with Crippen molar-refractivity contribution in [1.82, 2.24) is 0 Å². The lowest BCUT2D eigenvalue weighted by molar-refractivity contribution is 0.112. The van der Waals surface area contributed by atoms with Gasteiger partial charge in [-0.3, -0.25) is 4.79 Å². The van der Waals surface area contributed by atoms with E-state index in [0.29, 0.717) is 5.56 Å². The smallest absolute Gasteiger partial charge is 0.150 e. The molecule has 0 aliphatic rings. The van der Waals surface area contributed by atoms with Crippen LogP contribution in [0.2, 0.25) is 0 Å². The van der Waals surface area contributed by atoms with Crippen molar-refractivity contribution in [3.05, 3.63) is 60.2 Å². The molecule has 2 aromatic rings. The SMILES string of the molecule is CC.CC.O=Cc1ccc(-c2ccccc2)cc1. The first kappa shape index (κ1) is 16.1. The highest BCUT2D eigenvalue weighted by Crippen LogP contribution is 2.18. The predicted molar refractivity (Wildman–Crippen MR) is 80.0 cm³/mol. The summed E-state index contributed by atoms with van der Waals surface area (Å²) in [6, 6.07) is 17.7. The molecule has 0 saturated heterocycles. The van der Waals surface area contributed by atoms with E-state index < -0.39 is 0 Å². The Labute approximate surface area is 110 Å². The molecule has 2 aromatic carbocycles. The maximum atomic E-state index is 10.5. The Morgan fingerprint density at radius 3 is 1.56 bits per heavy atom. The molecule has 0 heterocycles. The van der Waals surface area contributed by atoms with Crippen molar-refractivity contribution in [1.29, 1.82) is 0 Å². The third-order valence-electron chi connectivity index (χ3n) is 2.15. The number of hydrogen-bond donors (Lipinski definition) is 0. The summed E-state index contributed by atoms with van der Waals surface area (Å²) in [5, 5.41) is 0. The van der Waals surface area contributed by atoms with E-state index in [9.17, 15) is 4.79 Å². The summed E-state index contributed by atoms with van der Waals surface area (Å²) in [5.74, 6) is 0. The molecule has 96 valence electrons. The molecule has 0 fully saturated rings. The van der Waals surface area contributed by atoms with Crippen molar-refractivity contribution < 1.29 is 4.79 Å². The monoisotopic (exact) mass is 242 g/mol. The minimum Gasteiger partial charge on any atom is -0.298 e. The summed E-state index contributed by atoms with van der Waals surface area (Å²) in [6.07, 6.45) is 0.856. The van der Waals surface area contributed by atoms with Gasteiger partial charge in [0.1, 0.15) is 6.29 Å². The Hall–Kier alpha value is -1.89. The summed E-state index contributed by atoms with van der Waals surface area (Å²) in [7, 11) is 0. The van der Waals surface area contributed by atoms with E-state index in [1.165, 1.54) is 5.56 Å². The number of rotatable bonds is 2. The predicted octanol–water partition coefficient (Wildman–Crippen LogP) is 5.22. The third-order valence-corrected chi connectivity index (χ3v) is 2.15. The molecular weight excluding hydrogens is 220 g/mol. The van der Waals surface area contributed by atoms with E-state index >= 15 is 0 Å². The maximum absolute atomic E-state index is 10.5. The fourth-order valence-corrected chi connectivity index (χ4v) is 1.38. The number of carbonyl (C=O) groups is 1. The van der Waals surface area contributed by atoms with Crippen LogP contribution in [-0.4, -0.2) is 6.29 Å². The van der Waals surface area contributed by atoms with E-state index in [2.05, 4.69) is 12.1 Å². The number of benzene rings is 2. The Bertz CT molecular complexity index is 415. The summed E-state index contributed by atoms with van der Waals surface area (Å²) in [6.45, 7) is 8.00. The minimum absolute atomic E-state index is 0.713. The zero-order valence-electron chi connectivity index (χ0n) is 11.7. The van der Waals surface area contributed by atoms with Crippen molar-refractivity contribution in [2.24, 2.45) is 0 Å². The van der Waals surface area contributed by atoms with Gasteiger partial charge in [0, 0.05) is 5.56 Å². The molecule has 0 unspecified atom stereocenters. The molecule has 0 N–H and O–H groups in total. The first-order valence-corrected chi connectivity index (χ1v) is 6.51. The zero-order chi connectivity index (χ0) is 13.8. The molecule has 18 heavy (non-hydrogen) atoms. The van der Waals surface area contributed by atoms with Gasteiger partial charge in [0.05, 0.1) is 0 Å². The van der Waals surface area contributed by atoms with E-state index in [1.54, 1.807) is 0 Å². The molecule has 1 heteroatoms.